The minimum Gasteiger partial charge on any atom is -0.390 e. The normalized spacial score (nSPS) is 24.2. The van der Waals surface area contributed by atoms with Crippen molar-refractivity contribution in [3.63, 3.8) is 0 Å². The number of aryl methyl sites for hydroxylation is 1. The van der Waals surface area contributed by atoms with Crippen LogP contribution < -0.4 is 11.1 Å². The average molecular weight is 472 g/mol. The van der Waals surface area contributed by atoms with Crippen LogP contribution in [-0.4, -0.2) is 51.8 Å². The van der Waals surface area contributed by atoms with Crippen molar-refractivity contribution in [2.75, 3.05) is 11.1 Å². The molecule has 0 atom stereocenters. The molecule has 0 saturated heterocycles. The van der Waals surface area contributed by atoms with E-state index in [4.69, 9.17) is 5.73 Å². The fourth-order valence-electron chi connectivity index (χ4n) is 5.57. The summed E-state index contributed by atoms with van der Waals surface area (Å²) in [6, 6.07) is 3.19. The number of hydrogen-bond acceptors (Lipinski definition) is 7. The first-order chi connectivity index (χ1) is 16.2. The number of nitrogens with zero attached hydrogens (tertiary/aromatic N) is 6. The van der Waals surface area contributed by atoms with Crippen LogP contribution in [0.3, 0.4) is 0 Å². The van der Waals surface area contributed by atoms with Gasteiger partial charge >= 0.3 is 0 Å². The van der Waals surface area contributed by atoms with Crippen molar-refractivity contribution in [2.45, 2.75) is 63.1 Å². The van der Waals surface area contributed by atoms with Gasteiger partial charge in [0.2, 0.25) is 5.95 Å². The second-order valence-corrected chi connectivity index (χ2v) is 9.47. The monoisotopic (exact) mass is 472 g/mol. The summed E-state index contributed by atoms with van der Waals surface area (Å²) in [6.45, 7) is 1.06. The molecule has 0 spiro atoms. The molecule has 4 aromatic heterocycles. The molecule has 0 aliphatic heterocycles. The SMILES string of the molecule is Cc1nc2ccc(-c3c(F)cn4nc(NC56CCC(O)(CC5)C6)nc(N)c34)nc2n1CC(F)F. The van der Waals surface area contributed by atoms with Crippen LogP contribution in [0.2, 0.25) is 0 Å². The topological polar surface area (TPSA) is 119 Å². The Morgan fingerprint density at radius 2 is 1.94 bits per heavy atom. The molecule has 0 radical (unpaired) electrons. The van der Waals surface area contributed by atoms with Gasteiger partial charge in [-0.05, 0) is 51.2 Å². The molecule has 6 rings (SSSR count). The molecule has 2 aliphatic rings. The summed E-state index contributed by atoms with van der Waals surface area (Å²) in [4.78, 5) is 13.1. The van der Waals surface area contributed by atoms with Gasteiger partial charge in [0.1, 0.15) is 16.9 Å². The maximum absolute atomic E-state index is 15.1. The van der Waals surface area contributed by atoms with E-state index in [2.05, 4.69) is 25.4 Å². The van der Waals surface area contributed by atoms with Crippen LogP contribution in [0, 0.1) is 12.7 Å². The van der Waals surface area contributed by atoms with Gasteiger partial charge in [-0.25, -0.2) is 27.7 Å². The number of pyridine rings is 1. The van der Waals surface area contributed by atoms with Crippen molar-refractivity contribution >= 4 is 28.4 Å². The van der Waals surface area contributed by atoms with E-state index in [-0.39, 0.29) is 39.7 Å². The largest absolute Gasteiger partial charge is 0.390 e. The van der Waals surface area contributed by atoms with E-state index < -0.39 is 24.4 Å². The van der Waals surface area contributed by atoms with Crippen LogP contribution in [-0.2, 0) is 6.54 Å². The maximum atomic E-state index is 15.1. The Bertz CT molecular complexity index is 1440. The Balaban J connectivity index is 1.42. The van der Waals surface area contributed by atoms with Crippen molar-refractivity contribution in [1.29, 1.82) is 0 Å². The Morgan fingerprint density at radius 1 is 1.18 bits per heavy atom. The molecule has 2 bridgehead atoms. The summed E-state index contributed by atoms with van der Waals surface area (Å²) in [5.41, 5.74) is 6.52. The lowest BCUT2D eigenvalue weighted by Crippen LogP contribution is -2.34. The predicted octanol–water partition coefficient (Wildman–Crippen LogP) is 3.30. The summed E-state index contributed by atoms with van der Waals surface area (Å²) in [5.74, 6) is 0.0895. The van der Waals surface area contributed by atoms with Gasteiger partial charge in [-0.3, -0.25) is 0 Å². The Hall–Kier alpha value is -3.41. The van der Waals surface area contributed by atoms with E-state index in [0.717, 1.165) is 25.7 Å². The van der Waals surface area contributed by atoms with Crippen LogP contribution in [0.25, 0.3) is 27.9 Å². The highest BCUT2D eigenvalue weighted by Crippen LogP contribution is 2.51. The molecule has 34 heavy (non-hydrogen) atoms. The lowest BCUT2D eigenvalue weighted by atomic mass is 9.93. The maximum Gasteiger partial charge on any atom is 0.256 e. The van der Waals surface area contributed by atoms with Gasteiger partial charge in [-0.15, -0.1) is 5.10 Å². The van der Waals surface area contributed by atoms with E-state index in [0.29, 0.717) is 17.8 Å². The van der Waals surface area contributed by atoms with Crippen molar-refractivity contribution in [3.05, 3.63) is 30.0 Å². The predicted molar refractivity (Wildman–Crippen MR) is 119 cm³/mol. The molecule has 12 heteroatoms. The molecule has 0 amide bonds. The first kappa shape index (κ1) is 21.1. The molecular weight excluding hydrogens is 449 g/mol. The van der Waals surface area contributed by atoms with E-state index in [9.17, 15) is 13.9 Å². The molecule has 4 N–H and O–H groups in total. The third-order valence-electron chi connectivity index (χ3n) is 7.15. The Kier molecular flexibility index (Phi) is 4.38. The molecule has 2 aliphatic carbocycles. The van der Waals surface area contributed by atoms with Crippen LogP contribution >= 0.6 is 0 Å². The number of aliphatic hydroxyl groups is 1. The second-order valence-electron chi connectivity index (χ2n) is 9.47. The average Bonchev–Trinajstić information content (AvgIpc) is 3.46. The third kappa shape index (κ3) is 3.19. The summed E-state index contributed by atoms with van der Waals surface area (Å²) in [6.07, 6.45) is 2.25. The highest BCUT2D eigenvalue weighted by molar-refractivity contribution is 5.89. The number of rotatable bonds is 5. The van der Waals surface area contributed by atoms with E-state index in [1.54, 1.807) is 19.1 Å². The number of nitrogens with one attached hydrogen (secondary N) is 1. The van der Waals surface area contributed by atoms with Crippen molar-refractivity contribution in [3.8, 4) is 11.3 Å². The summed E-state index contributed by atoms with van der Waals surface area (Å²) >= 11 is 0. The highest BCUT2D eigenvalue weighted by atomic mass is 19.3. The van der Waals surface area contributed by atoms with Crippen LogP contribution in [0.1, 0.15) is 37.9 Å². The summed E-state index contributed by atoms with van der Waals surface area (Å²) in [5, 5.41) is 18.2. The lowest BCUT2D eigenvalue weighted by Gasteiger charge is -2.27. The number of anilines is 2. The lowest BCUT2D eigenvalue weighted by molar-refractivity contribution is 0.0521. The number of aromatic nitrogens is 6. The van der Waals surface area contributed by atoms with E-state index in [1.165, 1.54) is 15.3 Å². The summed E-state index contributed by atoms with van der Waals surface area (Å²) in [7, 11) is 0. The molecule has 9 nitrogen and oxygen atoms in total. The fourth-order valence-corrected chi connectivity index (χ4v) is 5.57. The van der Waals surface area contributed by atoms with Gasteiger partial charge in [-0.2, -0.15) is 4.98 Å². The number of imidazole rings is 1. The van der Waals surface area contributed by atoms with E-state index >= 15 is 4.39 Å². The number of fused-ring (bicyclic) bond motifs is 4. The van der Waals surface area contributed by atoms with Gasteiger partial charge in [0.05, 0.1) is 29.6 Å². The molecule has 0 unspecified atom stereocenters. The molecule has 2 fully saturated rings. The zero-order valence-corrected chi connectivity index (χ0v) is 18.4. The minimum absolute atomic E-state index is 0.0539. The van der Waals surface area contributed by atoms with E-state index in [1.807, 2.05) is 0 Å². The first-order valence-electron chi connectivity index (χ1n) is 11.1. The quantitative estimate of drug-likeness (QED) is 0.408. The fraction of sp³-hybridized carbons (Fsp3) is 0.455. The number of alkyl halides is 2. The second kappa shape index (κ2) is 7.05. The van der Waals surface area contributed by atoms with Crippen molar-refractivity contribution in [1.82, 2.24) is 29.1 Å². The van der Waals surface area contributed by atoms with Crippen molar-refractivity contribution in [2.24, 2.45) is 0 Å². The number of nitrogens with two attached hydrogens (primary N) is 1. The number of halogens is 3. The van der Waals surface area contributed by atoms with Crippen LogP contribution in [0.5, 0.6) is 0 Å². The van der Waals surface area contributed by atoms with Gasteiger partial charge < -0.3 is 20.7 Å². The standard InChI is InChI=1S/C22H23F3N8O/c1-11-27-14-3-2-13(28-19(14)32(11)9-15(24)25)16-12(23)8-33-17(16)18(26)29-20(31-33)30-21-4-6-22(34,10-21)7-5-21/h2-3,8,15,34H,4-7,9-10H2,1H3,(H3,26,29,30,31). The first-order valence-corrected chi connectivity index (χ1v) is 11.1. The molecule has 4 heterocycles. The zero-order valence-electron chi connectivity index (χ0n) is 18.4. The van der Waals surface area contributed by atoms with Gasteiger partial charge in [0, 0.05) is 5.54 Å². The van der Waals surface area contributed by atoms with Gasteiger partial charge in [0.25, 0.3) is 6.43 Å². The van der Waals surface area contributed by atoms with Gasteiger partial charge in [0.15, 0.2) is 17.3 Å². The molecule has 178 valence electrons. The smallest absolute Gasteiger partial charge is 0.256 e. The number of hydrogen-bond donors (Lipinski definition) is 3. The Morgan fingerprint density at radius 3 is 2.62 bits per heavy atom. The summed E-state index contributed by atoms with van der Waals surface area (Å²) < 4.78 is 43.9. The Labute approximate surface area is 191 Å². The third-order valence-corrected chi connectivity index (χ3v) is 7.15. The van der Waals surface area contributed by atoms with Gasteiger partial charge in [-0.1, -0.05) is 0 Å². The molecular formula is C22H23F3N8O. The zero-order chi connectivity index (χ0) is 23.8. The molecule has 4 aromatic rings. The van der Waals surface area contributed by atoms with Crippen molar-refractivity contribution < 1.29 is 18.3 Å². The highest BCUT2D eigenvalue weighted by Gasteiger charge is 2.53. The minimum atomic E-state index is -2.58. The number of nitrogen functional groups attached to an aromatic ring is 1. The van der Waals surface area contributed by atoms with Crippen LogP contribution in [0.15, 0.2) is 18.3 Å². The molecule has 2 saturated carbocycles. The van der Waals surface area contributed by atoms with Crippen LogP contribution in [0.4, 0.5) is 24.9 Å². The molecule has 0 aromatic carbocycles.